The maximum atomic E-state index is 14.6. The summed E-state index contributed by atoms with van der Waals surface area (Å²) in [5, 5.41) is 8.24. The molecule has 0 spiro atoms. The molecule has 0 aliphatic heterocycles. The van der Waals surface area contributed by atoms with E-state index in [4.69, 9.17) is 21.1 Å². The van der Waals surface area contributed by atoms with E-state index in [1.54, 1.807) is 24.3 Å². The molecule has 0 atom stereocenters. The highest BCUT2D eigenvalue weighted by atomic mass is 35.5. The van der Waals surface area contributed by atoms with Crippen LogP contribution in [-0.4, -0.2) is 24.4 Å². The highest BCUT2D eigenvalue weighted by molar-refractivity contribution is 6.30. The molecular weight excluding hydrogens is 350 g/mol. The summed E-state index contributed by atoms with van der Waals surface area (Å²) in [6.45, 7) is 0. The van der Waals surface area contributed by atoms with Crippen molar-refractivity contribution in [1.29, 1.82) is 0 Å². The molecule has 0 radical (unpaired) electrons. The minimum Gasteiger partial charge on any atom is -0.497 e. The van der Waals surface area contributed by atoms with E-state index in [-0.39, 0.29) is 22.8 Å². The monoisotopic (exact) mass is 362 g/mol. The smallest absolute Gasteiger partial charge is 0.241 e. The molecule has 0 bridgehead atoms. The van der Waals surface area contributed by atoms with Gasteiger partial charge >= 0.3 is 0 Å². The van der Waals surface area contributed by atoms with Crippen molar-refractivity contribution >= 4 is 11.6 Å². The molecule has 3 rings (SSSR count). The lowest BCUT2D eigenvalue weighted by Crippen LogP contribution is -2.01. The summed E-state index contributed by atoms with van der Waals surface area (Å²) < 4.78 is 39.3. The predicted molar refractivity (Wildman–Crippen MR) is 90.9 cm³/mol. The van der Waals surface area contributed by atoms with Gasteiger partial charge in [-0.1, -0.05) is 23.7 Å². The molecule has 0 aliphatic carbocycles. The molecule has 0 saturated heterocycles. The first kappa shape index (κ1) is 17.1. The van der Waals surface area contributed by atoms with E-state index in [9.17, 15) is 8.78 Å². The number of ether oxygens (including phenoxy) is 2. The second-order valence-electron chi connectivity index (χ2n) is 5.12. The fourth-order valence-corrected chi connectivity index (χ4v) is 2.63. The SMILES string of the molecule is COc1cc(F)c(-c2c(-c3ccc(Cl)cc3)cnnc2OC)c(F)c1. The van der Waals surface area contributed by atoms with Crippen LogP contribution in [0.25, 0.3) is 22.3 Å². The van der Waals surface area contributed by atoms with Crippen molar-refractivity contribution in [1.82, 2.24) is 10.2 Å². The van der Waals surface area contributed by atoms with Crippen molar-refractivity contribution in [3.05, 3.63) is 59.3 Å². The lowest BCUT2D eigenvalue weighted by molar-refractivity contribution is 0.392. The average molecular weight is 363 g/mol. The fraction of sp³-hybridized carbons (Fsp3) is 0.111. The third kappa shape index (κ3) is 3.25. The van der Waals surface area contributed by atoms with Gasteiger partial charge in [0.05, 0.1) is 31.5 Å². The van der Waals surface area contributed by atoms with E-state index in [0.717, 1.165) is 12.1 Å². The van der Waals surface area contributed by atoms with Crippen LogP contribution in [0.5, 0.6) is 11.6 Å². The Morgan fingerprint density at radius 2 is 1.56 bits per heavy atom. The van der Waals surface area contributed by atoms with Crippen LogP contribution >= 0.6 is 11.6 Å². The van der Waals surface area contributed by atoms with E-state index >= 15 is 0 Å². The van der Waals surface area contributed by atoms with E-state index in [1.807, 2.05) is 0 Å². The molecule has 0 N–H and O–H groups in total. The summed E-state index contributed by atoms with van der Waals surface area (Å²) in [7, 11) is 2.69. The van der Waals surface area contributed by atoms with Crippen LogP contribution in [-0.2, 0) is 0 Å². The average Bonchev–Trinajstić information content (AvgIpc) is 2.61. The Morgan fingerprint density at radius 3 is 2.12 bits per heavy atom. The normalized spacial score (nSPS) is 10.6. The van der Waals surface area contributed by atoms with Crippen molar-refractivity contribution in [2.45, 2.75) is 0 Å². The maximum absolute atomic E-state index is 14.6. The summed E-state index contributed by atoms with van der Waals surface area (Å²) in [5.41, 5.74) is 1.03. The second kappa shape index (κ2) is 7.03. The lowest BCUT2D eigenvalue weighted by Gasteiger charge is -2.15. The van der Waals surface area contributed by atoms with Gasteiger partial charge in [0.1, 0.15) is 17.4 Å². The standard InChI is InChI=1S/C18H13ClF2N2O2/c1-24-12-7-14(20)17(15(21)8-12)16-13(9-22-23-18(16)25-2)10-3-5-11(19)6-4-10/h3-9H,1-2H3. The van der Waals surface area contributed by atoms with Gasteiger partial charge in [-0.05, 0) is 17.7 Å². The van der Waals surface area contributed by atoms with Gasteiger partial charge in [-0.3, -0.25) is 0 Å². The Morgan fingerprint density at radius 1 is 0.920 bits per heavy atom. The Balaban J connectivity index is 2.30. The molecule has 4 nitrogen and oxygen atoms in total. The molecule has 128 valence electrons. The summed E-state index contributed by atoms with van der Waals surface area (Å²) in [6, 6.07) is 9.00. The quantitative estimate of drug-likeness (QED) is 0.671. The number of methoxy groups -OCH3 is 2. The van der Waals surface area contributed by atoms with Crippen LogP contribution in [0.2, 0.25) is 5.02 Å². The second-order valence-corrected chi connectivity index (χ2v) is 5.55. The zero-order chi connectivity index (χ0) is 18.0. The Kier molecular flexibility index (Phi) is 4.81. The number of rotatable bonds is 4. The van der Waals surface area contributed by atoms with Gasteiger partial charge in [0.25, 0.3) is 0 Å². The summed E-state index contributed by atoms with van der Waals surface area (Å²) in [4.78, 5) is 0. The van der Waals surface area contributed by atoms with Gasteiger partial charge in [0, 0.05) is 22.7 Å². The number of hydrogen-bond acceptors (Lipinski definition) is 4. The number of nitrogens with zero attached hydrogens (tertiary/aromatic N) is 2. The molecule has 1 aromatic heterocycles. The summed E-state index contributed by atoms with van der Waals surface area (Å²) >= 11 is 5.91. The maximum Gasteiger partial charge on any atom is 0.241 e. The first-order chi connectivity index (χ1) is 12.0. The zero-order valence-electron chi connectivity index (χ0n) is 13.4. The first-order valence-corrected chi connectivity index (χ1v) is 7.62. The number of halogens is 3. The molecule has 7 heteroatoms. The molecule has 0 unspecified atom stereocenters. The van der Waals surface area contributed by atoms with E-state index in [1.165, 1.54) is 20.4 Å². The van der Waals surface area contributed by atoms with Crippen LogP contribution in [0, 0.1) is 11.6 Å². The minimum absolute atomic E-state index is 0.00965. The Hall–Kier alpha value is -2.73. The van der Waals surface area contributed by atoms with Crippen molar-refractivity contribution in [2.75, 3.05) is 14.2 Å². The van der Waals surface area contributed by atoms with Crippen LogP contribution in [0.3, 0.4) is 0 Å². The molecule has 0 amide bonds. The molecule has 0 fully saturated rings. The fourth-order valence-electron chi connectivity index (χ4n) is 2.51. The van der Waals surface area contributed by atoms with E-state index in [2.05, 4.69) is 10.2 Å². The summed E-state index contributed by atoms with van der Waals surface area (Å²) in [5.74, 6) is -1.50. The van der Waals surface area contributed by atoms with Crippen LogP contribution in [0.15, 0.2) is 42.6 Å². The van der Waals surface area contributed by atoms with Gasteiger partial charge < -0.3 is 9.47 Å². The Bertz CT molecular complexity index is 894. The first-order valence-electron chi connectivity index (χ1n) is 7.24. The highest BCUT2D eigenvalue weighted by Gasteiger charge is 2.23. The molecule has 1 heterocycles. The van der Waals surface area contributed by atoms with Crippen LogP contribution < -0.4 is 9.47 Å². The zero-order valence-corrected chi connectivity index (χ0v) is 14.1. The topological polar surface area (TPSA) is 44.2 Å². The molecule has 25 heavy (non-hydrogen) atoms. The molecular formula is C18H13ClF2N2O2. The van der Waals surface area contributed by atoms with Crippen molar-refractivity contribution in [3.63, 3.8) is 0 Å². The predicted octanol–water partition coefficient (Wildman–Crippen LogP) is 4.76. The lowest BCUT2D eigenvalue weighted by atomic mass is 9.96. The Labute approximate surface area is 148 Å². The number of hydrogen-bond donors (Lipinski definition) is 0. The van der Waals surface area contributed by atoms with Crippen LogP contribution in [0.1, 0.15) is 0 Å². The number of aromatic nitrogens is 2. The number of benzene rings is 2. The van der Waals surface area contributed by atoms with Gasteiger partial charge in [-0.25, -0.2) is 8.78 Å². The largest absolute Gasteiger partial charge is 0.497 e. The summed E-state index contributed by atoms with van der Waals surface area (Å²) in [6.07, 6.45) is 1.42. The third-order valence-corrected chi connectivity index (χ3v) is 3.92. The molecule has 3 aromatic rings. The van der Waals surface area contributed by atoms with Crippen molar-refractivity contribution < 1.29 is 18.3 Å². The molecule has 0 aliphatic rings. The van der Waals surface area contributed by atoms with E-state index in [0.29, 0.717) is 16.1 Å². The van der Waals surface area contributed by atoms with Gasteiger partial charge in [-0.2, -0.15) is 5.10 Å². The van der Waals surface area contributed by atoms with Gasteiger partial charge in [0.2, 0.25) is 5.88 Å². The molecule has 0 saturated carbocycles. The highest BCUT2D eigenvalue weighted by Crippen LogP contribution is 2.41. The van der Waals surface area contributed by atoms with Gasteiger partial charge in [0.15, 0.2) is 0 Å². The van der Waals surface area contributed by atoms with Gasteiger partial charge in [-0.15, -0.1) is 5.10 Å². The third-order valence-electron chi connectivity index (χ3n) is 3.67. The molecule has 2 aromatic carbocycles. The van der Waals surface area contributed by atoms with E-state index < -0.39 is 11.6 Å². The van der Waals surface area contributed by atoms with Crippen LogP contribution in [0.4, 0.5) is 8.78 Å². The van der Waals surface area contributed by atoms with Crippen molar-refractivity contribution in [2.24, 2.45) is 0 Å². The van der Waals surface area contributed by atoms with Crippen molar-refractivity contribution in [3.8, 4) is 33.9 Å². The minimum atomic E-state index is -0.793.